The summed E-state index contributed by atoms with van der Waals surface area (Å²) in [4.78, 5) is 17.6. The molecule has 8 nitrogen and oxygen atoms in total. The molecule has 118 valence electrons. The Hall–Kier alpha value is -3.55. The van der Waals surface area contributed by atoms with Gasteiger partial charge >= 0.3 is 5.76 Å². The van der Waals surface area contributed by atoms with E-state index >= 15 is 0 Å². The lowest BCUT2D eigenvalue weighted by molar-refractivity contribution is 0.378. The number of nitrogens with zero attached hydrogens (tertiary/aromatic N) is 6. The molecule has 1 aromatic carbocycles. The predicted molar refractivity (Wildman–Crippen MR) is 84.5 cm³/mol. The lowest BCUT2D eigenvalue weighted by atomic mass is 10.3. The SMILES string of the molecule is O=c1onc(-c2ccccn2)n1Cc1cnn(-c2ccccc2)n1. The fourth-order valence-electron chi connectivity index (χ4n) is 2.30. The lowest BCUT2D eigenvalue weighted by Crippen LogP contribution is -2.17. The standard InChI is InChI=1S/C16H12N6O2/c23-16-21(15(20-24-16)14-8-4-5-9-17-14)11-12-10-18-22(19-12)13-6-2-1-3-7-13/h1-10H,11H2. The highest BCUT2D eigenvalue weighted by atomic mass is 16.5. The van der Waals surface area contributed by atoms with Gasteiger partial charge in [0.15, 0.2) is 0 Å². The Morgan fingerprint density at radius 1 is 1.04 bits per heavy atom. The van der Waals surface area contributed by atoms with Gasteiger partial charge < -0.3 is 0 Å². The van der Waals surface area contributed by atoms with Crippen LogP contribution < -0.4 is 5.76 Å². The number of hydrogen-bond acceptors (Lipinski definition) is 6. The van der Waals surface area contributed by atoms with Crippen LogP contribution in [0.3, 0.4) is 0 Å². The number of rotatable bonds is 4. The maximum Gasteiger partial charge on any atom is 0.442 e. The summed E-state index contributed by atoms with van der Waals surface area (Å²) in [6.07, 6.45) is 3.24. The smallest absolute Gasteiger partial charge is 0.295 e. The van der Waals surface area contributed by atoms with Crippen LogP contribution in [0.2, 0.25) is 0 Å². The molecule has 0 unspecified atom stereocenters. The summed E-state index contributed by atoms with van der Waals surface area (Å²) in [5.41, 5.74) is 2.01. The van der Waals surface area contributed by atoms with Crippen LogP contribution in [0.15, 0.2) is 70.2 Å². The summed E-state index contributed by atoms with van der Waals surface area (Å²) in [6, 6.07) is 14.9. The second-order valence-corrected chi connectivity index (χ2v) is 5.03. The van der Waals surface area contributed by atoms with Gasteiger partial charge in [0.2, 0.25) is 5.82 Å². The molecule has 0 radical (unpaired) electrons. The summed E-state index contributed by atoms with van der Waals surface area (Å²) in [7, 11) is 0. The van der Waals surface area contributed by atoms with Crippen LogP contribution >= 0.6 is 0 Å². The average Bonchev–Trinajstić information content (AvgIpc) is 3.25. The van der Waals surface area contributed by atoms with Gasteiger partial charge in [0.05, 0.1) is 18.4 Å². The van der Waals surface area contributed by atoms with Crippen LogP contribution in [-0.2, 0) is 6.54 Å². The van der Waals surface area contributed by atoms with Crippen molar-refractivity contribution in [2.45, 2.75) is 6.54 Å². The van der Waals surface area contributed by atoms with Crippen LogP contribution in [0.5, 0.6) is 0 Å². The molecule has 0 aliphatic carbocycles. The van der Waals surface area contributed by atoms with Gasteiger partial charge in [-0.05, 0) is 24.3 Å². The monoisotopic (exact) mass is 320 g/mol. The zero-order valence-electron chi connectivity index (χ0n) is 12.5. The third kappa shape index (κ3) is 2.60. The molecule has 4 aromatic rings. The molecule has 8 heteroatoms. The molecule has 0 amide bonds. The normalized spacial score (nSPS) is 10.8. The van der Waals surface area contributed by atoms with Crippen LogP contribution in [0.4, 0.5) is 0 Å². The van der Waals surface area contributed by atoms with Gasteiger partial charge in [0, 0.05) is 6.20 Å². The van der Waals surface area contributed by atoms with Crippen molar-refractivity contribution in [1.29, 1.82) is 0 Å². The predicted octanol–water partition coefficient (Wildman–Crippen LogP) is 1.53. The van der Waals surface area contributed by atoms with Crippen molar-refractivity contribution in [2.75, 3.05) is 0 Å². The highest BCUT2D eigenvalue weighted by Crippen LogP contribution is 2.13. The quantitative estimate of drug-likeness (QED) is 0.566. The van der Waals surface area contributed by atoms with Gasteiger partial charge in [-0.2, -0.15) is 15.0 Å². The van der Waals surface area contributed by atoms with E-state index in [0.717, 1.165) is 5.69 Å². The van der Waals surface area contributed by atoms with Crippen LogP contribution in [0.25, 0.3) is 17.2 Å². The lowest BCUT2D eigenvalue weighted by Gasteiger charge is -2.01. The molecule has 0 saturated heterocycles. The number of pyridine rings is 1. The van der Waals surface area contributed by atoms with Crippen LogP contribution in [0.1, 0.15) is 5.69 Å². The minimum atomic E-state index is -0.565. The Morgan fingerprint density at radius 2 is 1.88 bits per heavy atom. The molecular weight excluding hydrogens is 308 g/mol. The van der Waals surface area contributed by atoms with Crippen molar-refractivity contribution >= 4 is 0 Å². The highest BCUT2D eigenvalue weighted by Gasteiger charge is 2.15. The minimum Gasteiger partial charge on any atom is -0.295 e. The number of para-hydroxylation sites is 1. The number of hydrogen-bond donors (Lipinski definition) is 0. The zero-order chi connectivity index (χ0) is 16.4. The first kappa shape index (κ1) is 14.1. The second kappa shape index (κ2) is 5.92. The molecule has 24 heavy (non-hydrogen) atoms. The molecule has 0 fully saturated rings. The van der Waals surface area contributed by atoms with Crippen molar-refractivity contribution in [3.05, 3.63) is 77.2 Å². The molecule has 4 rings (SSSR count). The van der Waals surface area contributed by atoms with E-state index in [2.05, 4.69) is 20.3 Å². The van der Waals surface area contributed by atoms with Gasteiger partial charge in [-0.3, -0.25) is 9.51 Å². The third-order valence-electron chi connectivity index (χ3n) is 3.43. The Morgan fingerprint density at radius 3 is 2.67 bits per heavy atom. The van der Waals surface area contributed by atoms with Gasteiger partial charge in [-0.1, -0.05) is 29.4 Å². The maximum atomic E-state index is 11.9. The fourth-order valence-corrected chi connectivity index (χ4v) is 2.30. The first-order valence-electron chi connectivity index (χ1n) is 7.26. The van der Waals surface area contributed by atoms with Crippen molar-refractivity contribution in [3.8, 4) is 17.2 Å². The molecule has 3 heterocycles. The van der Waals surface area contributed by atoms with Crippen molar-refractivity contribution in [1.82, 2.24) is 29.7 Å². The average molecular weight is 320 g/mol. The van der Waals surface area contributed by atoms with Crippen LogP contribution in [-0.4, -0.2) is 29.7 Å². The van der Waals surface area contributed by atoms with Crippen molar-refractivity contribution < 1.29 is 4.52 Å². The summed E-state index contributed by atoms with van der Waals surface area (Å²) in [5, 5.41) is 12.4. The Labute approximate surface area is 136 Å². The van der Waals surface area contributed by atoms with Gasteiger partial charge in [-0.25, -0.2) is 9.36 Å². The summed E-state index contributed by atoms with van der Waals surface area (Å²) < 4.78 is 6.15. The summed E-state index contributed by atoms with van der Waals surface area (Å²) in [5.74, 6) is -0.209. The molecule has 0 aliphatic heterocycles. The molecule has 0 aliphatic rings. The first-order chi connectivity index (χ1) is 11.8. The Kier molecular flexibility index (Phi) is 3.47. The largest absolute Gasteiger partial charge is 0.442 e. The van der Waals surface area contributed by atoms with Gasteiger partial charge in [0.1, 0.15) is 11.4 Å². The second-order valence-electron chi connectivity index (χ2n) is 5.03. The van der Waals surface area contributed by atoms with E-state index in [0.29, 0.717) is 17.2 Å². The molecule has 0 N–H and O–H groups in total. The highest BCUT2D eigenvalue weighted by molar-refractivity contribution is 5.48. The van der Waals surface area contributed by atoms with E-state index in [9.17, 15) is 4.79 Å². The van der Waals surface area contributed by atoms with Crippen molar-refractivity contribution in [3.63, 3.8) is 0 Å². The maximum absolute atomic E-state index is 11.9. The summed E-state index contributed by atoms with van der Waals surface area (Å²) >= 11 is 0. The minimum absolute atomic E-state index is 0.196. The van der Waals surface area contributed by atoms with Crippen molar-refractivity contribution in [2.24, 2.45) is 0 Å². The number of benzene rings is 1. The van der Waals surface area contributed by atoms with Gasteiger partial charge in [0.25, 0.3) is 0 Å². The zero-order valence-corrected chi connectivity index (χ0v) is 12.5. The molecular formula is C16H12N6O2. The molecule has 0 atom stereocenters. The first-order valence-corrected chi connectivity index (χ1v) is 7.26. The molecule has 3 aromatic heterocycles. The molecule has 0 saturated carbocycles. The fraction of sp³-hybridized carbons (Fsp3) is 0.0625. The van der Waals surface area contributed by atoms with E-state index in [1.165, 1.54) is 9.36 Å². The Bertz CT molecular complexity index is 1000. The molecule has 0 bridgehead atoms. The third-order valence-corrected chi connectivity index (χ3v) is 3.43. The summed E-state index contributed by atoms with van der Waals surface area (Å²) in [6.45, 7) is 0.196. The van der Waals surface area contributed by atoms with E-state index in [4.69, 9.17) is 4.52 Å². The van der Waals surface area contributed by atoms with Crippen LogP contribution in [0, 0.1) is 0 Å². The van der Waals surface area contributed by atoms with E-state index in [-0.39, 0.29) is 6.54 Å². The Balaban J connectivity index is 1.67. The van der Waals surface area contributed by atoms with E-state index < -0.39 is 5.76 Å². The number of aromatic nitrogens is 6. The molecule has 0 spiro atoms. The topological polar surface area (TPSA) is 91.6 Å². The van der Waals surface area contributed by atoms with E-state index in [1.54, 1.807) is 24.5 Å². The van der Waals surface area contributed by atoms with E-state index in [1.807, 2.05) is 36.4 Å². The van der Waals surface area contributed by atoms with Gasteiger partial charge in [-0.15, -0.1) is 0 Å².